The normalized spacial score (nSPS) is 19.6. The fourth-order valence-electron chi connectivity index (χ4n) is 2.53. The minimum atomic E-state index is -0.380. The van der Waals surface area contributed by atoms with E-state index in [0.29, 0.717) is 29.4 Å². The van der Waals surface area contributed by atoms with Crippen LogP contribution in [0.1, 0.15) is 41.9 Å². The summed E-state index contributed by atoms with van der Waals surface area (Å²) in [6, 6.07) is 0.229. The van der Waals surface area contributed by atoms with Crippen LogP contribution >= 0.6 is 0 Å². The van der Waals surface area contributed by atoms with Gasteiger partial charge in [-0.05, 0) is 20.3 Å². The van der Waals surface area contributed by atoms with E-state index in [1.165, 1.54) is 0 Å². The number of carbonyl (C=O) groups excluding carboxylic acids is 1. The highest BCUT2D eigenvalue weighted by molar-refractivity contribution is 6.16. The van der Waals surface area contributed by atoms with Crippen molar-refractivity contribution in [1.82, 2.24) is 4.90 Å². The molecular formula is C14H17N3O3. The molecule has 0 bridgehead atoms. The summed E-state index contributed by atoms with van der Waals surface area (Å²) in [5, 5.41) is 0. The van der Waals surface area contributed by atoms with Gasteiger partial charge in [-0.1, -0.05) is 6.92 Å². The van der Waals surface area contributed by atoms with Crippen LogP contribution in [0.2, 0.25) is 0 Å². The third kappa shape index (κ3) is 1.83. The van der Waals surface area contributed by atoms with Crippen LogP contribution in [0.5, 0.6) is 0 Å². The first kappa shape index (κ1) is 12.9. The van der Waals surface area contributed by atoms with Crippen molar-refractivity contribution in [3.8, 4) is 0 Å². The fraction of sp³-hybridized carbons (Fsp3) is 0.500. The van der Waals surface area contributed by atoms with E-state index < -0.39 is 0 Å². The second kappa shape index (κ2) is 4.77. The Kier molecular flexibility index (Phi) is 3.08. The maximum absolute atomic E-state index is 12.1. The van der Waals surface area contributed by atoms with Crippen molar-refractivity contribution in [2.75, 3.05) is 13.2 Å². The summed E-state index contributed by atoms with van der Waals surface area (Å²) >= 11 is 0. The molecule has 0 N–H and O–H groups in total. The monoisotopic (exact) mass is 275 g/mol. The van der Waals surface area contributed by atoms with Gasteiger partial charge >= 0.3 is 5.97 Å². The number of ether oxygens (including phenoxy) is 1. The first-order valence-corrected chi connectivity index (χ1v) is 6.85. The van der Waals surface area contributed by atoms with Crippen LogP contribution in [0, 0.1) is 6.92 Å². The van der Waals surface area contributed by atoms with Crippen LogP contribution in [0.4, 0.5) is 5.88 Å². The summed E-state index contributed by atoms with van der Waals surface area (Å²) in [5.74, 6) is 1.35. The van der Waals surface area contributed by atoms with Crippen LogP contribution < -0.4 is 0 Å². The third-order valence-corrected chi connectivity index (χ3v) is 3.54. The Morgan fingerprint density at radius 1 is 1.55 bits per heavy atom. The number of hydrogen-bond acceptors (Lipinski definition) is 6. The Morgan fingerprint density at radius 3 is 3.05 bits per heavy atom. The molecule has 0 amide bonds. The Hall–Kier alpha value is -2.11. The molecule has 3 heterocycles. The van der Waals surface area contributed by atoms with E-state index in [2.05, 4.69) is 16.9 Å². The van der Waals surface area contributed by atoms with Gasteiger partial charge < -0.3 is 14.1 Å². The fourth-order valence-corrected chi connectivity index (χ4v) is 2.53. The average molecular weight is 275 g/mol. The van der Waals surface area contributed by atoms with Crippen molar-refractivity contribution in [3.05, 3.63) is 16.9 Å². The molecule has 1 aromatic heterocycles. The van der Waals surface area contributed by atoms with E-state index in [1.807, 2.05) is 4.90 Å². The molecule has 0 saturated carbocycles. The minimum Gasteiger partial charge on any atom is -0.462 e. The van der Waals surface area contributed by atoms with Crippen molar-refractivity contribution in [3.63, 3.8) is 0 Å². The number of furan rings is 1. The quantitative estimate of drug-likeness (QED) is 0.794. The Labute approximate surface area is 117 Å². The van der Waals surface area contributed by atoms with Gasteiger partial charge in [0.25, 0.3) is 0 Å². The van der Waals surface area contributed by atoms with Crippen LogP contribution in [-0.2, 0) is 4.74 Å². The lowest BCUT2D eigenvalue weighted by Crippen LogP contribution is -2.31. The molecule has 2 aliphatic rings. The topological polar surface area (TPSA) is 67.4 Å². The van der Waals surface area contributed by atoms with Crippen molar-refractivity contribution < 1.29 is 13.9 Å². The molecular weight excluding hydrogens is 258 g/mol. The number of fused-ring (bicyclic) bond motifs is 3. The molecule has 1 aromatic rings. The van der Waals surface area contributed by atoms with Gasteiger partial charge in [0.05, 0.1) is 18.2 Å². The van der Waals surface area contributed by atoms with Gasteiger partial charge in [0.15, 0.2) is 0 Å². The zero-order valence-corrected chi connectivity index (χ0v) is 11.8. The van der Waals surface area contributed by atoms with Gasteiger partial charge in [0.2, 0.25) is 5.88 Å². The predicted molar refractivity (Wildman–Crippen MR) is 74.9 cm³/mol. The molecule has 6 heteroatoms. The minimum absolute atomic E-state index is 0.229. The highest BCUT2D eigenvalue weighted by Crippen LogP contribution is 2.35. The largest absolute Gasteiger partial charge is 0.462 e. The second-order valence-electron chi connectivity index (χ2n) is 4.85. The molecule has 1 atom stereocenters. The Bertz CT molecular complexity index is 615. The molecule has 1 unspecified atom stereocenters. The average Bonchev–Trinajstić information content (AvgIpc) is 2.97. The van der Waals surface area contributed by atoms with E-state index in [-0.39, 0.29) is 12.0 Å². The van der Waals surface area contributed by atoms with Crippen LogP contribution in [0.25, 0.3) is 0 Å². The molecule has 3 rings (SSSR count). The zero-order valence-electron chi connectivity index (χ0n) is 11.8. The number of aryl methyl sites for hydroxylation is 1. The van der Waals surface area contributed by atoms with E-state index in [1.54, 1.807) is 20.2 Å². The highest BCUT2D eigenvalue weighted by atomic mass is 16.5. The molecule has 0 fully saturated rings. The molecule has 0 saturated heterocycles. The second-order valence-corrected chi connectivity index (χ2v) is 4.85. The number of hydrogen-bond donors (Lipinski definition) is 0. The number of nitrogens with zero attached hydrogens (tertiary/aromatic N) is 3. The molecule has 2 aliphatic heterocycles. The summed E-state index contributed by atoms with van der Waals surface area (Å²) in [5.41, 5.74) is 1.11. The number of amidine groups is 1. The zero-order chi connectivity index (χ0) is 14.3. The van der Waals surface area contributed by atoms with Crippen LogP contribution in [0.15, 0.2) is 14.4 Å². The van der Waals surface area contributed by atoms with Gasteiger partial charge in [-0.15, -0.1) is 0 Å². The maximum Gasteiger partial charge on any atom is 0.342 e. The molecule has 0 aliphatic carbocycles. The SMILES string of the molecule is CCOC(=O)c1c(C)oc2c1C1=NC(CC)CN1C=N2. The van der Waals surface area contributed by atoms with E-state index in [0.717, 1.165) is 18.8 Å². The van der Waals surface area contributed by atoms with Crippen molar-refractivity contribution in [2.45, 2.75) is 33.2 Å². The molecule has 0 spiro atoms. The number of esters is 1. The van der Waals surface area contributed by atoms with Gasteiger partial charge in [-0.2, -0.15) is 0 Å². The number of rotatable bonds is 3. The van der Waals surface area contributed by atoms with Crippen molar-refractivity contribution in [2.24, 2.45) is 9.98 Å². The molecule has 106 valence electrons. The number of aliphatic imine (C=N–C) groups is 2. The number of carbonyl (C=O) groups is 1. The van der Waals surface area contributed by atoms with Gasteiger partial charge in [-0.25, -0.2) is 9.79 Å². The lowest BCUT2D eigenvalue weighted by atomic mass is 10.1. The van der Waals surface area contributed by atoms with E-state index in [4.69, 9.17) is 9.15 Å². The maximum atomic E-state index is 12.1. The Morgan fingerprint density at radius 2 is 2.35 bits per heavy atom. The van der Waals surface area contributed by atoms with Gasteiger partial charge in [0, 0.05) is 6.54 Å². The van der Waals surface area contributed by atoms with Crippen LogP contribution in [0.3, 0.4) is 0 Å². The summed E-state index contributed by atoms with van der Waals surface area (Å²) in [7, 11) is 0. The summed E-state index contributed by atoms with van der Waals surface area (Å²) in [6.45, 7) is 6.75. The lowest BCUT2D eigenvalue weighted by Gasteiger charge is -2.18. The predicted octanol–water partition coefficient (Wildman–Crippen LogP) is 2.28. The van der Waals surface area contributed by atoms with Crippen molar-refractivity contribution >= 4 is 24.0 Å². The van der Waals surface area contributed by atoms with E-state index in [9.17, 15) is 4.79 Å². The van der Waals surface area contributed by atoms with Gasteiger partial charge in [0.1, 0.15) is 23.5 Å². The standard InChI is InChI=1S/C14H17N3O3/c1-4-9-6-17-7-15-13-11(12(17)16-9)10(8(3)20-13)14(18)19-5-2/h7,9H,4-6H2,1-3H3. The smallest absolute Gasteiger partial charge is 0.342 e. The molecule has 6 nitrogen and oxygen atoms in total. The molecule has 20 heavy (non-hydrogen) atoms. The molecule has 0 aromatic carbocycles. The Balaban J connectivity index is 2.11. The summed E-state index contributed by atoms with van der Waals surface area (Å²) in [6.07, 6.45) is 2.67. The summed E-state index contributed by atoms with van der Waals surface area (Å²) < 4.78 is 10.7. The first-order chi connectivity index (χ1) is 9.65. The van der Waals surface area contributed by atoms with Gasteiger partial charge in [-0.3, -0.25) is 4.99 Å². The highest BCUT2D eigenvalue weighted by Gasteiger charge is 2.36. The van der Waals surface area contributed by atoms with E-state index >= 15 is 0 Å². The van der Waals surface area contributed by atoms with Crippen molar-refractivity contribution in [1.29, 1.82) is 0 Å². The summed E-state index contributed by atoms with van der Waals surface area (Å²) in [4.78, 5) is 23.0. The lowest BCUT2D eigenvalue weighted by molar-refractivity contribution is 0.0524. The molecule has 0 radical (unpaired) electrons. The van der Waals surface area contributed by atoms with Crippen LogP contribution in [-0.4, -0.2) is 42.2 Å². The third-order valence-electron chi connectivity index (χ3n) is 3.54. The first-order valence-electron chi connectivity index (χ1n) is 6.85.